The maximum atomic E-state index is 11.3. The number of H-pyrrole nitrogens is 1. The van der Waals surface area contributed by atoms with Gasteiger partial charge in [0.1, 0.15) is 17.8 Å². The third-order valence-corrected chi connectivity index (χ3v) is 6.05. The van der Waals surface area contributed by atoms with Crippen LogP contribution in [0.1, 0.15) is 25.7 Å². The summed E-state index contributed by atoms with van der Waals surface area (Å²) in [5.74, 6) is 0.959. The molecular formula is C15H21N5O2S. The Morgan fingerprint density at radius 3 is 2.74 bits per heavy atom. The molecule has 2 aliphatic rings. The summed E-state index contributed by atoms with van der Waals surface area (Å²) in [5, 5.41) is 1.04. The van der Waals surface area contributed by atoms with E-state index in [1.165, 1.54) is 6.26 Å². The van der Waals surface area contributed by atoms with Gasteiger partial charge in [-0.15, -0.1) is 0 Å². The summed E-state index contributed by atoms with van der Waals surface area (Å²) in [6.07, 6.45) is 8.80. The number of rotatable bonds is 4. The highest BCUT2D eigenvalue weighted by Crippen LogP contribution is 2.57. The maximum absolute atomic E-state index is 11.3. The first kappa shape index (κ1) is 14.9. The third-order valence-electron chi connectivity index (χ3n) is 5.29. The van der Waals surface area contributed by atoms with E-state index < -0.39 is 10.0 Å². The van der Waals surface area contributed by atoms with E-state index in [-0.39, 0.29) is 6.04 Å². The van der Waals surface area contributed by atoms with Crippen molar-refractivity contribution in [2.45, 2.75) is 37.8 Å². The van der Waals surface area contributed by atoms with Crippen LogP contribution in [0.3, 0.4) is 0 Å². The van der Waals surface area contributed by atoms with Gasteiger partial charge in [0.05, 0.1) is 11.6 Å². The molecule has 2 heterocycles. The minimum absolute atomic E-state index is 0.117. The number of anilines is 1. The van der Waals surface area contributed by atoms with Gasteiger partial charge >= 0.3 is 0 Å². The maximum Gasteiger partial charge on any atom is 0.208 e. The summed E-state index contributed by atoms with van der Waals surface area (Å²) in [7, 11) is -1.01. The van der Waals surface area contributed by atoms with Crippen molar-refractivity contribution < 1.29 is 8.42 Å². The van der Waals surface area contributed by atoms with Crippen LogP contribution in [0.5, 0.6) is 0 Å². The van der Waals surface area contributed by atoms with Crippen molar-refractivity contribution in [3.63, 3.8) is 0 Å². The van der Waals surface area contributed by atoms with E-state index in [2.05, 4.69) is 31.6 Å². The van der Waals surface area contributed by atoms with Gasteiger partial charge in [0, 0.05) is 25.3 Å². The van der Waals surface area contributed by atoms with Gasteiger partial charge in [0.2, 0.25) is 10.0 Å². The SMILES string of the molecule is CN(c1ncnc2[nH]ccc12)C1CC2(CC(NS(C)(=O)=O)C2)C1. The fraction of sp³-hybridized carbons (Fsp3) is 0.600. The lowest BCUT2D eigenvalue weighted by molar-refractivity contribution is -0.0120. The number of nitrogens with zero attached hydrogens (tertiary/aromatic N) is 3. The van der Waals surface area contributed by atoms with Crippen molar-refractivity contribution in [1.29, 1.82) is 0 Å². The van der Waals surface area contributed by atoms with Crippen LogP contribution < -0.4 is 9.62 Å². The lowest BCUT2D eigenvalue weighted by atomic mass is 9.52. The first-order chi connectivity index (χ1) is 10.9. The lowest BCUT2D eigenvalue weighted by Crippen LogP contribution is -2.60. The van der Waals surface area contributed by atoms with E-state index in [0.29, 0.717) is 11.5 Å². The molecule has 0 radical (unpaired) electrons. The van der Waals surface area contributed by atoms with Gasteiger partial charge in [-0.1, -0.05) is 0 Å². The van der Waals surface area contributed by atoms with Gasteiger partial charge in [0.25, 0.3) is 0 Å². The van der Waals surface area contributed by atoms with E-state index in [9.17, 15) is 8.42 Å². The summed E-state index contributed by atoms with van der Waals surface area (Å²) in [4.78, 5) is 14.0. The monoisotopic (exact) mass is 335 g/mol. The highest BCUT2D eigenvalue weighted by molar-refractivity contribution is 7.88. The largest absolute Gasteiger partial charge is 0.356 e. The van der Waals surface area contributed by atoms with Crippen LogP contribution in [-0.2, 0) is 10.0 Å². The van der Waals surface area contributed by atoms with Crippen LogP contribution in [0, 0.1) is 5.41 Å². The molecule has 7 nitrogen and oxygen atoms in total. The Labute approximate surface area is 135 Å². The molecule has 0 aromatic carbocycles. The van der Waals surface area contributed by atoms with Crippen molar-refractivity contribution >= 4 is 26.9 Å². The number of nitrogens with one attached hydrogen (secondary N) is 2. The van der Waals surface area contributed by atoms with E-state index in [1.54, 1.807) is 6.33 Å². The topological polar surface area (TPSA) is 91.0 Å². The summed E-state index contributed by atoms with van der Waals surface area (Å²) in [5.41, 5.74) is 1.18. The molecule has 8 heteroatoms. The van der Waals surface area contributed by atoms with Crippen molar-refractivity contribution in [3.8, 4) is 0 Å². The number of sulfonamides is 1. The van der Waals surface area contributed by atoms with E-state index in [1.807, 2.05) is 12.3 Å². The van der Waals surface area contributed by atoms with E-state index in [4.69, 9.17) is 0 Å². The Hall–Kier alpha value is -1.67. The quantitative estimate of drug-likeness (QED) is 0.877. The zero-order valence-electron chi connectivity index (χ0n) is 13.3. The molecule has 2 N–H and O–H groups in total. The molecule has 0 atom stereocenters. The van der Waals surface area contributed by atoms with Crippen molar-refractivity contribution in [1.82, 2.24) is 19.7 Å². The smallest absolute Gasteiger partial charge is 0.208 e. The number of aromatic nitrogens is 3. The second kappa shape index (κ2) is 4.91. The van der Waals surface area contributed by atoms with Crippen LogP contribution in [0.15, 0.2) is 18.6 Å². The first-order valence-electron chi connectivity index (χ1n) is 7.83. The molecule has 0 unspecified atom stereocenters. The molecule has 2 saturated carbocycles. The molecule has 2 aromatic rings. The van der Waals surface area contributed by atoms with Crippen molar-refractivity contribution in [2.75, 3.05) is 18.2 Å². The number of fused-ring (bicyclic) bond motifs is 1. The fourth-order valence-corrected chi connectivity index (χ4v) is 5.00. The standard InChI is InChI=1S/C15H21N5O2S/c1-20(14-12-3-4-16-13(12)17-9-18-14)11-7-15(8-11)5-10(6-15)19-23(2,21)22/h3-4,9-11,19H,5-8H2,1-2H3,(H,16,17,18). The number of aromatic amines is 1. The second-order valence-electron chi connectivity index (χ2n) is 7.11. The van der Waals surface area contributed by atoms with Gasteiger partial charge in [-0.25, -0.2) is 23.1 Å². The van der Waals surface area contributed by atoms with Gasteiger partial charge in [-0.3, -0.25) is 0 Å². The molecule has 1 spiro atoms. The lowest BCUT2D eigenvalue weighted by Gasteiger charge is -2.59. The van der Waals surface area contributed by atoms with Crippen LogP contribution in [0.2, 0.25) is 0 Å². The molecule has 2 aliphatic carbocycles. The van der Waals surface area contributed by atoms with Crippen LogP contribution in [-0.4, -0.2) is 48.8 Å². The number of hydrogen-bond donors (Lipinski definition) is 2. The summed E-state index contributed by atoms with van der Waals surface area (Å²) in [6, 6.07) is 2.58. The predicted molar refractivity (Wildman–Crippen MR) is 88.7 cm³/mol. The Kier molecular flexibility index (Phi) is 3.18. The van der Waals surface area contributed by atoms with Crippen LogP contribution >= 0.6 is 0 Å². The Balaban J connectivity index is 1.40. The first-order valence-corrected chi connectivity index (χ1v) is 9.73. The minimum atomic E-state index is -3.09. The van der Waals surface area contributed by atoms with Gasteiger partial charge < -0.3 is 9.88 Å². The van der Waals surface area contributed by atoms with Crippen molar-refractivity contribution in [3.05, 3.63) is 18.6 Å². The molecule has 4 rings (SSSR count). The minimum Gasteiger partial charge on any atom is -0.356 e. The highest BCUT2D eigenvalue weighted by atomic mass is 32.2. The van der Waals surface area contributed by atoms with Crippen molar-refractivity contribution in [2.24, 2.45) is 5.41 Å². The summed E-state index contributed by atoms with van der Waals surface area (Å²) < 4.78 is 25.3. The zero-order chi connectivity index (χ0) is 16.2. The molecular weight excluding hydrogens is 314 g/mol. The van der Waals surface area contributed by atoms with Gasteiger partial charge in [-0.05, 0) is 37.2 Å². The fourth-order valence-electron chi connectivity index (χ4n) is 4.23. The molecule has 0 aliphatic heterocycles. The predicted octanol–water partition coefficient (Wildman–Crippen LogP) is 1.25. The normalized spacial score (nSPS) is 30.2. The second-order valence-corrected chi connectivity index (χ2v) is 8.89. The van der Waals surface area contributed by atoms with E-state index >= 15 is 0 Å². The molecule has 2 aromatic heterocycles. The zero-order valence-corrected chi connectivity index (χ0v) is 14.1. The molecule has 2 fully saturated rings. The molecule has 0 amide bonds. The Morgan fingerprint density at radius 1 is 1.30 bits per heavy atom. The Bertz CT molecular complexity index is 832. The van der Waals surface area contributed by atoms with Gasteiger partial charge in [0.15, 0.2) is 0 Å². The highest BCUT2D eigenvalue weighted by Gasteiger charge is 2.54. The van der Waals surface area contributed by atoms with Crippen LogP contribution in [0.4, 0.5) is 5.82 Å². The average molecular weight is 335 g/mol. The van der Waals surface area contributed by atoms with Gasteiger partial charge in [-0.2, -0.15) is 0 Å². The summed E-state index contributed by atoms with van der Waals surface area (Å²) >= 11 is 0. The summed E-state index contributed by atoms with van der Waals surface area (Å²) in [6.45, 7) is 0. The van der Waals surface area contributed by atoms with Crippen LogP contribution in [0.25, 0.3) is 11.0 Å². The molecule has 23 heavy (non-hydrogen) atoms. The third kappa shape index (κ3) is 2.59. The molecule has 124 valence electrons. The number of hydrogen-bond acceptors (Lipinski definition) is 5. The average Bonchev–Trinajstić information content (AvgIpc) is 2.86. The van der Waals surface area contributed by atoms with E-state index in [0.717, 1.165) is 42.5 Å². The molecule has 0 bridgehead atoms. The molecule has 0 saturated heterocycles. The Morgan fingerprint density at radius 2 is 2.04 bits per heavy atom.